The number of aryl methyl sites for hydroxylation is 1. The first kappa shape index (κ1) is 21.4. The van der Waals surface area contributed by atoms with E-state index in [4.69, 9.17) is 4.74 Å². The molecule has 0 aliphatic carbocycles. The summed E-state index contributed by atoms with van der Waals surface area (Å²) in [4.78, 5) is 21.0. The van der Waals surface area contributed by atoms with Gasteiger partial charge in [0, 0.05) is 35.4 Å². The molecule has 1 fully saturated rings. The molecule has 0 bridgehead atoms. The zero-order valence-electron chi connectivity index (χ0n) is 17.9. The van der Waals surface area contributed by atoms with Gasteiger partial charge in [0.25, 0.3) is 0 Å². The van der Waals surface area contributed by atoms with Crippen LogP contribution in [-0.2, 0) is 11.2 Å². The van der Waals surface area contributed by atoms with Gasteiger partial charge in [0.1, 0.15) is 5.69 Å². The number of pyridine rings is 1. The molecule has 31 heavy (non-hydrogen) atoms. The van der Waals surface area contributed by atoms with Gasteiger partial charge in [-0.1, -0.05) is 13.0 Å². The maximum absolute atomic E-state index is 14.7. The summed E-state index contributed by atoms with van der Waals surface area (Å²) in [5.41, 5.74) is 2.35. The van der Waals surface area contributed by atoms with E-state index in [0.29, 0.717) is 24.0 Å². The number of fused-ring (bicyclic) bond motifs is 1. The van der Waals surface area contributed by atoms with Crippen molar-refractivity contribution in [1.29, 1.82) is 0 Å². The maximum Gasteiger partial charge on any atom is 0.223 e. The van der Waals surface area contributed by atoms with Crippen molar-refractivity contribution in [3.05, 3.63) is 52.2 Å². The van der Waals surface area contributed by atoms with Crippen molar-refractivity contribution in [3.8, 4) is 11.3 Å². The summed E-state index contributed by atoms with van der Waals surface area (Å²) < 4.78 is 22.1. The molecule has 0 amide bonds. The molecule has 8 heteroatoms. The molecule has 2 atom stereocenters. The largest absolute Gasteiger partial charge is 0.389 e. The molecular formula is C23H27FN4O3. The Labute approximate surface area is 179 Å². The monoisotopic (exact) mass is 426 g/mol. The van der Waals surface area contributed by atoms with Gasteiger partial charge >= 0.3 is 0 Å². The minimum absolute atomic E-state index is 0.0469. The van der Waals surface area contributed by atoms with Crippen LogP contribution in [0.4, 0.5) is 10.3 Å². The summed E-state index contributed by atoms with van der Waals surface area (Å²) in [6, 6.07) is 6.79. The normalized spacial score (nSPS) is 19.2. The van der Waals surface area contributed by atoms with E-state index >= 15 is 0 Å². The zero-order valence-corrected chi connectivity index (χ0v) is 17.9. The Bertz CT molecular complexity index is 1160. The van der Waals surface area contributed by atoms with E-state index in [9.17, 15) is 14.3 Å². The van der Waals surface area contributed by atoms with Gasteiger partial charge < -0.3 is 19.7 Å². The number of rotatable bonds is 5. The highest BCUT2D eigenvalue weighted by atomic mass is 19.1. The minimum Gasteiger partial charge on any atom is -0.389 e. The molecule has 0 saturated carbocycles. The van der Waals surface area contributed by atoms with Crippen LogP contribution in [0.15, 0.2) is 35.3 Å². The number of aliphatic hydroxyl groups is 1. The van der Waals surface area contributed by atoms with Gasteiger partial charge in [-0.2, -0.15) is 0 Å². The smallest absolute Gasteiger partial charge is 0.223 e. The van der Waals surface area contributed by atoms with Gasteiger partial charge in [-0.05, 0) is 38.8 Å². The zero-order chi connectivity index (χ0) is 22.1. The van der Waals surface area contributed by atoms with E-state index < -0.39 is 11.9 Å². The van der Waals surface area contributed by atoms with Crippen LogP contribution in [0.1, 0.15) is 38.9 Å². The Hall–Kier alpha value is -2.84. The first-order valence-electron chi connectivity index (χ1n) is 10.6. The standard InChI is InChI=1S/C23H27FN4O3/c1-4-15-10-20(29)16-6-5-14(9-19(16)28(15)13(2)3)22-17(24)11-25-23(27-22)26-18-7-8-31-12-21(18)30/h5-6,9-11,13,18,21,30H,4,7-8,12H2,1-3H3,(H,25,26,27)/t18-,21-/m1/s1. The molecular weight excluding hydrogens is 399 g/mol. The van der Waals surface area contributed by atoms with Crippen molar-refractivity contribution in [2.75, 3.05) is 18.5 Å². The fourth-order valence-electron chi connectivity index (χ4n) is 4.12. The van der Waals surface area contributed by atoms with Crippen LogP contribution in [0.25, 0.3) is 22.2 Å². The molecule has 4 rings (SSSR count). The fourth-order valence-corrected chi connectivity index (χ4v) is 4.12. The number of halogens is 1. The van der Waals surface area contributed by atoms with Crippen LogP contribution in [0.2, 0.25) is 0 Å². The van der Waals surface area contributed by atoms with E-state index in [0.717, 1.165) is 23.8 Å². The average Bonchev–Trinajstić information content (AvgIpc) is 2.75. The van der Waals surface area contributed by atoms with Gasteiger partial charge in [0.2, 0.25) is 5.95 Å². The van der Waals surface area contributed by atoms with E-state index in [-0.39, 0.29) is 35.8 Å². The molecule has 7 nitrogen and oxygen atoms in total. The second-order valence-corrected chi connectivity index (χ2v) is 8.12. The number of nitrogens with one attached hydrogen (secondary N) is 1. The molecule has 2 aromatic heterocycles. The molecule has 3 heterocycles. The molecule has 1 aliphatic heterocycles. The van der Waals surface area contributed by atoms with Crippen LogP contribution in [-0.4, -0.2) is 45.0 Å². The second-order valence-electron chi connectivity index (χ2n) is 8.12. The highest BCUT2D eigenvalue weighted by molar-refractivity contribution is 5.84. The number of hydrogen-bond donors (Lipinski definition) is 2. The summed E-state index contributed by atoms with van der Waals surface area (Å²) in [6.07, 6.45) is 1.77. The lowest BCUT2D eigenvalue weighted by Crippen LogP contribution is -2.42. The molecule has 1 saturated heterocycles. The molecule has 2 N–H and O–H groups in total. The van der Waals surface area contributed by atoms with E-state index in [1.165, 1.54) is 0 Å². The van der Waals surface area contributed by atoms with Crippen molar-refractivity contribution < 1.29 is 14.2 Å². The van der Waals surface area contributed by atoms with E-state index in [1.807, 2.05) is 13.0 Å². The molecule has 1 aliphatic rings. The van der Waals surface area contributed by atoms with Crippen LogP contribution in [0.3, 0.4) is 0 Å². The quantitative estimate of drug-likeness (QED) is 0.651. The molecule has 0 radical (unpaired) electrons. The fraction of sp³-hybridized carbons (Fsp3) is 0.435. The van der Waals surface area contributed by atoms with Crippen molar-refractivity contribution >= 4 is 16.9 Å². The molecule has 3 aromatic rings. The highest BCUT2D eigenvalue weighted by Gasteiger charge is 2.24. The maximum atomic E-state index is 14.7. The summed E-state index contributed by atoms with van der Waals surface area (Å²) >= 11 is 0. The number of nitrogens with zero attached hydrogens (tertiary/aromatic N) is 3. The third-order valence-electron chi connectivity index (χ3n) is 5.67. The number of aromatic nitrogens is 3. The van der Waals surface area contributed by atoms with Crippen molar-refractivity contribution in [3.63, 3.8) is 0 Å². The van der Waals surface area contributed by atoms with E-state index in [2.05, 4.69) is 33.7 Å². The summed E-state index contributed by atoms with van der Waals surface area (Å²) in [5, 5.41) is 13.8. The van der Waals surface area contributed by atoms with Crippen LogP contribution < -0.4 is 10.7 Å². The Balaban J connectivity index is 1.79. The average molecular weight is 426 g/mol. The summed E-state index contributed by atoms with van der Waals surface area (Å²) in [5.74, 6) is -0.312. The number of hydrogen-bond acceptors (Lipinski definition) is 6. The van der Waals surface area contributed by atoms with Crippen molar-refractivity contribution in [1.82, 2.24) is 14.5 Å². The number of anilines is 1. The summed E-state index contributed by atoms with van der Waals surface area (Å²) in [7, 11) is 0. The number of benzene rings is 1. The number of aliphatic hydroxyl groups excluding tert-OH is 1. The Morgan fingerprint density at radius 1 is 1.35 bits per heavy atom. The third-order valence-corrected chi connectivity index (χ3v) is 5.67. The lowest BCUT2D eigenvalue weighted by molar-refractivity contribution is -0.0136. The van der Waals surface area contributed by atoms with Gasteiger partial charge in [-0.15, -0.1) is 0 Å². The van der Waals surface area contributed by atoms with E-state index in [1.54, 1.807) is 18.2 Å². The Morgan fingerprint density at radius 3 is 2.87 bits per heavy atom. The number of ether oxygens (including phenoxy) is 1. The Morgan fingerprint density at radius 2 is 2.16 bits per heavy atom. The molecule has 164 valence electrons. The third kappa shape index (κ3) is 4.18. The van der Waals surface area contributed by atoms with Gasteiger partial charge in [0.05, 0.1) is 30.5 Å². The molecule has 0 spiro atoms. The Kier molecular flexibility index (Phi) is 6.02. The van der Waals surface area contributed by atoms with Crippen molar-refractivity contribution in [2.24, 2.45) is 0 Å². The lowest BCUT2D eigenvalue weighted by Gasteiger charge is -2.28. The van der Waals surface area contributed by atoms with Gasteiger partial charge in [-0.3, -0.25) is 4.79 Å². The van der Waals surface area contributed by atoms with Crippen LogP contribution in [0, 0.1) is 5.82 Å². The first-order valence-corrected chi connectivity index (χ1v) is 10.6. The highest BCUT2D eigenvalue weighted by Crippen LogP contribution is 2.27. The van der Waals surface area contributed by atoms with Gasteiger partial charge in [-0.25, -0.2) is 14.4 Å². The lowest BCUT2D eigenvalue weighted by atomic mass is 10.1. The first-order chi connectivity index (χ1) is 14.9. The molecule has 1 aromatic carbocycles. The molecule has 0 unspecified atom stereocenters. The second kappa shape index (κ2) is 8.72. The SMILES string of the molecule is CCc1cc(=O)c2ccc(-c3nc(N[C@@H]4CCOC[C@H]4O)ncc3F)cc2n1C(C)C. The predicted molar refractivity (Wildman–Crippen MR) is 118 cm³/mol. The van der Waals surface area contributed by atoms with Crippen LogP contribution in [0.5, 0.6) is 0 Å². The predicted octanol–water partition coefficient (Wildman–Crippen LogP) is 3.30. The summed E-state index contributed by atoms with van der Waals surface area (Å²) in [6.45, 7) is 6.89. The topological polar surface area (TPSA) is 89.3 Å². The van der Waals surface area contributed by atoms with Crippen molar-refractivity contribution in [2.45, 2.75) is 51.8 Å². The van der Waals surface area contributed by atoms with Gasteiger partial charge in [0.15, 0.2) is 11.2 Å². The minimum atomic E-state index is -0.681. The van der Waals surface area contributed by atoms with Crippen LogP contribution >= 0.6 is 0 Å².